The van der Waals surface area contributed by atoms with Crippen LogP contribution in [0.4, 0.5) is 16.3 Å². The third-order valence-electron chi connectivity index (χ3n) is 5.32. The van der Waals surface area contributed by atoms with Crippen LogP contribution in [0.5, 0.6) is 11.5 Å². The zero-order valence-electron chi connectivity index (χ0n) is 18.6. The fraction of sp³-hybridized carbons (Fsp3) is 0.455. The molecule has 0 radical (unpaired) electrons. The molecular formula is C22H28N6O4. The Morgan fingerprint density at radius 3 is 2.56 bits per heavy atom. The van der Waals surface area contributed by atoms with Crippen molar-refractivity contribution < 1.29 is 19.1 Å². The lowest BCUT2D eigenvalue weighted by molar-refractivity contribution is -0.121. The average Bonchev–Trinajstić information content (AvgIpc) is 3.21. The van der Waals surface area contributed by atoms with E-state index in [9.17, 15) is 9.59 Å². The van der Waals surface area contributed by atoms with Crippen LogP contribution in [0, 0.1) is 6.92 Å². The Labute approximate surface area is 186 Å². The molecule has 10 nitrogen and oxygen atoms in total. The minimum Gasteiger partial charge on any atom is -0.454 e. The molecule has 3 heterocycles. The van der Waals surface area contributed by atoms with Gasteiger partial charge in [-0.2, -0.15) is 0 Å². The summed E-state index contributed by atoms with van der Waals surface area (Å²) in [5, 5.41) is 5.02. The summed E-state index contributed by atoms with van der Waals surface area (Å²) in [5.41, 5.74) is 1.48. The van der Waals surface area contributed by atoms with Crippen LogP contribution in [0.25, 0.3) is 0 Å². The van der Waals surface area contributed by atoms with Gasteiger partial charge in [0.15, 0.2) is 11.5 Å². The molecule has 0 unspecified atom stereocenters. The van der Waals surface area contributed by atoms with Gasteiger partial charge < -0.3 is 19.7 Å². The Hall–Kier alpha value is -3.40. The highest BCUT2D eigenvalue weighted by molar-refractivity contribution is 6.01. The molecule has 0 aliphatic carbocycles. The van der Waals surface area contributed by atoms with Crippen molar-refractivity contribution >= 4 is 23.4 Å². The molecule has 1 saturated heterocycles. The standard InChI is InChI=1S/C22H28N6O4/c1-14(2)21-23-15(3)10-19(25-21)28-8-6-27(7-9-28)12-20(29)26-22(30)24-16-4-5-17-18(11-16)32-13-31-17/h4-5,10-11,14H,6-9,12-13H2,1-3H3,(H2,24,26,29,30). The van der Waals surface area contributed by atoms with Crippen LogP contribution in [0.3, 0.4) is 0 Å². The number of anilines is 2. The van der Waals surface area contributed by atoms with Crippen molar-refractivity contribution in [2.75, 3.05) is 49.7 Å². The van der Waals surface area contributed by atoms with E-state index in [1.54, 1.807) is 18.2 Å². The molecule has 1 aromatic heterocycles. The van der Waals surface area contributed by atoms with E-state index in [0.717, 1.165) is 30.4 Å². The minimum atomic E-state index is -0.579. The van der Waals surface area contributed by atoms with Gasteiger partial charge in [-0.3, -0.25) is 15.0 Å². The number of imide groups is 1. The fourth-order valence-electron chi connectivity index (χ4n) is 3.64. The number of hydrogen-bond acceptors (Lipinski definition) is 8. The number of rotatable bonds is 5. The largest absolute Gasteiger partial charge is 0.454 e. The summed E-state index contributed by atoms with van der Waals surface area (Å²) in [6.45, 7) is 9.38. The Bertz CT molecular complexity index is 1000. The summed E-state index contributed by atoms with van der Waals surface area (Å²) in [6.07, 6.45) is 0. The third-order valence-corrected chi connectivity index (χ3v) is 5.32. The molecule has 1 fully saturated rings. The van der Waals surface area contributed by atoms with E-state index in [1.807, 2.05) is 17.9 Å². The summed E-state index contributed by atoms with van der Waals surface area (Å²) in [5.74, 6) is 2.87. The van der Waals surface area contributed by atoms with E-state index in [4.69, 9.17) is 14.5 Å². The second kappa shape index (κ2) is 9.39. The van der Waals surface area contributed by atoms with Gasteiger partial charge in [-0.25, -0.2) is 14.8 Å². The predicted molar refractivity (Wildman–Crippen MR) is 119 cm³/mol. The summed E-state index contributed by atoms with van der Waals surface area (Å²) >= 11 is 0. The van der Waals surface area contributed by atoms with Gasteiger partial charge in [-0.1, -0.05) is 13.8 Å². The average molecular weight is 441 g/mol. The number of nitrogens with one attached hydrogen (secondary N) is 2. The fourth-order valence-corrected chi connectivity index (χ4v) is 3.64. The van der Waals surface area contributed by atoms with Gasteiger partial charge in [0, 0.05) is 55.6 Å². The first-order chi connectivity index (χ1) is 15.4. The lowest BCUT2D eigenvalue weighted by atomic mass is 10.2. The van der Waals surface area contributed by atoms with Crippen LogP contribution in [-0.4, -0.2) is 66.3 Å². The lowest BCUT2D eigenvalue weighted by Gasteiger charge is -2.35. The number of ether oxygens (including phenoxy) is 2. The van der Waals surface area contributed by atoms with Crippen molar-refractivity contribution in [2.24, 2.45) is 0 Å². The number of aromatic nitrogens is 2. The number of urea groups is 1. The number of carbonyl (C=O) groups excluding carboxylic acids is 2. The van der Waals surface area contributed by atoms with Crippen molar-refractivity contribution in [3.8, 4) is 11.5 Å². The number of aryl methyl sites for hydroxylation is 1. The van der Waals surface area contributed by atoms with Crippen LogP contribution >= 0.6 is 0 Å². The first-order valence-electron chi connectivity index (χ1n) is 10.7. The van der Waals surface area contributed by atoms with E-state index in [2.05, 4.69) is 34.4 Å². The summed E-state index contributed by atoms with van der Waals surface area (Å²) in [7, 11) is 0. The number of carbonyl (C=O) groups is 2. The number of hydrogen-bond donors (Lipinski definition) is 2. The second-order valence-electron chi connectivity index (χ2n) is 8.21. The number of fused-ring (bicyclic) bond motifs is 1. The zero-order chi connectivity index (χ0) is 22.7. The highest BCUT2D eigenvalue weighted by atomic mass is 16.7. The molecule has 0 atom stereocenters. The molecule has 1 aromatic carbocycles. The second-order valence-corrected chi connectivity index (χ2v) is 8.21. The van der Waals surface area contributed by atoms with Gasteiger partial charge in [0.2, 0.25) is 12.7 Å². The molecular weight excluding hydrogens is 412 g/mol. The Morgan fingerprint density at radius 2 is 1.81 bits per heavy atom. The van der Waals surface area contributed by atoms with E-state index >= 15 is 0 Å². The normalized spacial score (nSPS) is 15.7. The van der Waals surface area contributed by atoms with Gasteiger partial charge >= 0.3 is 6.03 Å². The minimum absolute atomic E-state index is 0.155. The molecule has 3 amide bonds. The zero-order valence-corrected chi connectivity index (χ0v) is 18.6. The molecule has 2 aliphatic rings. The number of benzene rings is 1. The Kier molecular flexibility index (Phi) is 6.40. The van der Waals surface area contributed by atoms with Gasteiger partial charge in [0.1, 0.15) is 11.6 Å². The molecule has 0 bridgehead atoms. The molecule has 2 N–H and O–H groups in total. The summed E-state index contributed by atoms with van der Waals surface area (Å²) < 4.78 is 10.5. The molecule has 10 heteroatoms. The van der Waals surface area contributed by atoms with Crippen molar-refractivity contribution in [3.05, 3.63) is 35.8 Å². The number of piperazine rings is 1. The predicted octanol–water partition coefficient (Wildman–Crippen LogP) is 2.11. The van der Waals surface area contributed by atoms with Gasteiger partial charge in [-0.15, -0.1) is 0 Å². The van der Waals surface area contributed by atoms with E-state index in [1.165, 1.54) is 0 Å². The first kappa shape index (κ1) is 21.8. The van der Waals surface area contributed by atoms with Crippen LogP contribution in [0.2, 0.25) is 0 Å². The molecule has 0 saturated carbocycles. The maximum absolute atomic E-state index is 12.3. The Morgan fingerprint density at radius 1 is 1.06 bits per heavy atom. The topological polar surface area (TPSA) is 109 Å². The highest BCUT2D eigenvalue weighted by Crippen LogP contribution is 2.34. The highest BCUT2D eigenvalue weighted by Gasteiger charge is 2.22. The van der Waals surface area contributed by atoms with E-state index in [-0.39, 0.29) is 25.2 Å². The quantitative estimate of drug-likeness (QED) is 0.728. The van der Waals surface area contributed by atoms with Crippen molar-refractivity contribution in [1.29, 1.82) is 0 Å². The maximum Gasteiger partial charge on any atom is 0.325 e. The summed E-state index contributed by atoms with van der Waals surface area (Å²) in [6, 6.07) is 6.48. The van der Waals surface area contributed by atoms with Crippen LogP contribution in [0.1, 0.15) is 31.3 Å². The molecule has 2 aromatic rings. The smallest absolute Gasteiger partial charge is 0.325 e. The van der Waals surface area contributed by atoms with Crippen LogP contribution < -0.4 is 25.0 Å². The molecule has 32 heavy (non-hydrogen) atoms. The summed E-state index contributed by atoms with van der Waals surface area (Å²) in [4.78, 5) is 37.9. The molecule has 2 aliphatic heterocycles. The van der Waals surface area contributed by atoms with Gasteiger partial charge in [-0.05, 0) is 19.1 Å². The Balaban J connectivity index is 1.24. The third kappa shape index (κ3) is 5.25. The van der Waals surface area contributed by atoms with E-state index < -0.39 is 6.03 Å². The monoisotopic (exact) mass is 440 g/mol. The first-order valence-corrected chi connectivity index (χ1v) is 10.7. The van der Waals surface area contributed by atoms with Crippen molar-refractivity contribution in [3.63, 3.8) is 0 Å². The SMILES string of the molecule is Cc1cc(N2CCN(CC(=O)NC(=O)Nc3ccc4c(c3)OCO4)CC2)nc(C(C)C)n1. The number of nitrogens with zero attached hydrogens (tertiary/aromatic N) is 4. The van der Waals surface area contributed by atoms with Gasteiger partial charge in [0.25, 0.3) is 0 Å². The molecule has 170 valence electrons. The number of amides is 3. The van der Waals surface area contributed by atoms with E-state index in [0.29, 0.717) is 30.3 Å². The maximum atomic E-state index is 12.3. The van der Waals surface area contributed by atoms with Crippen LogP contribution in [-0.2, 0) is 4.79 Å². The lowest BCUT2D eigenvalue weighted by Crippen LogP contribution is -2.50. The van der Waals surface area contributed by atoms with Crippen molar-refractivity contribution in [1.82, 2.24) is 20.2 Å². The van der Waals surface area contributed by atoms with Crippen molar-refractivity contribution in [2.45, 2.75) is 26.7 Å². The van der Waals surface area contributed by atoms with Crippen LogP contribution in [0.15, 0.2) is 24.3 Å². The molecule has 0 spiro atoms. The van der Waals surface area contributed by atoms with Gasteiger partial charge in [0.05, 0.1) is 6.54 Å². The molecule has 4 rings (SSSR count).